The van der Waals surface area contributed by atoms with E-state index in [0.29, 0.717) is 25.7 Å². The second-order valence-electron chi connectivity index (χ2n) is 5.26. The Labute approximate surface area is 144 Å². The zero-order valence-corrected chi connectivity index (χ0v) is 14.5. The predicted octanol–water partition coefficient (Wildman–Crippen LogP) is 3.44. The Balaban J connectivity index is 1.78. The molecule has 0 spiro atoms. The molecule has 0 aliphatic carbocycles. The quantitative estimate of drug-likeness (QED) is 0.640. The fourth-order valence-electron chi connectivity index (χ4n) is 2.15. The van der Waals surface area contributed by atoms with Crippen LogP contribution >= 0.6 is 0 Å². The molecule has 0 saturated heterocycles. The fraction of sp³-hybridized carbons (Fsp3) is 0.421. The van der Waals surface area contributed by atoms with Gasteiger partial charge in [-0.2, -0.15) is 0 Å². The third kappa shape index (κ3) is 6.08. The molecule has 1 aromatic carbocycles. The summed E-state index contributed by atoms with van der Waals surface area (Å²) in [6.07, 6.45) is 2.70. The summed E-state index contributed by atoms with van der Waals surface area (Å²) in [6, 6.07) is 11.7. The molecule has 5 nitrogen and oxygen atoms in total. The maximum atomic E-state index is 5.71. The van der Waals surface area contributed by atoms with Crippen molar-refractivity contribution in [3.63, 3.8) is 0 Å². The van der Waals surface area contributed by atoms with Crippen molar-refractivity contribution >= 4 is 0 Å². The third-order valence-corrected chi connectivity index (χ3v) is 3.27. The van der Waals surface area contributed by atoms with Crippen LogP contribution in [0.3, 0.4) is 0 Å². The molecule has 2 aromatic rings. The van der Waals surface area contributed by atoms with E-state index in [2.05, 4.69) is 23.3 Å². The molecule has 130 valence electrons. The largest absolute Gasteiger partial charge is 0.490 e. The Hall–Kier alpha value is -2.27. The van der Waals surface area contributed by atoms with Gasteiger partial charge in [0, 0.05) is 25.4 Å². The van der Waals surface area contributed by atoms with Gasteiger partial charge in [0.1, 0.15) is 6.61 Å². The Bertz CT molecular complexity index is 590. The number of rotatable bonds is 11. The number of aromatic nitrogens is 1. The van der Waals surface area contributed by atoms with Crippen molar-refractivity contribution in [3.05, 3.63) is 48.2 Å². The van der Waals surface area contributed by atoms with Crippen LogP contribution in [0.5, 0.6) is 17.4 Å². The molecule has 0 atom stereocenters. The first kappa shape index (κ1) is 18.1. The average molecular weight is 330 g/mol. The molecule has 0 bridgehead atoms. The number of pyridine rings is 1. The summed E-state index contributed by atoms with van der Waals surface area (Å²) < 4.78 is 16.9. The predicted molar refractivity (Wildman–Crippen MR) is 94.8 cm³/mol. The van der Waals surface area contributed by atoms with Gasteiger partial charge in [-0.25, -0.2) is 4.98 Å². The first-order valence-corrected chi connectivity index (χ1v) is 8.46. The number of benzene rings is 1. The standard InChI is InChI=1S/C19H26N2O3/c1-3-12-23-17-9-8-16(14-18(17)22-4-2)15-20-11-13-24-19-7-5-6-10-21-19/h5-10,14,20H,3-4,11-13,15H2,1-2H3. The van der Waals surface area contributed by atoms with Crippen molar-refractivity contribution in [2.75, 3.05) is 26.4 Å². The van der Waals surface area contributed by atoms with Crippen molar-refractivity contribution < 1.29 is 14.2 Å². The summed E-state index contributed by atoms with van der Waals surface area (Å²) in [4.78, 5) is 4.12. The van der Waals surface area contributed by atoms with Crippen molar-refractivity contribution in [2.45, 2.75) is 26.8 Å². The first-order valence-electron chi connectivity index (χ1n) is 8.46. The van der Waals surface area contributed by atoms with E-state index in [1.54, 1.807) is 6.20 Å². The number of hydrogen-bond acceptors (Lipinski definition) is 5. The van der Waals surface area contributed by atoms with E-state index < -0.39 is 0 Å². The SMILES string of the molecule is CCCOc1ccc(CNCCOc2ccccn2)cc1OCC. The van der Waals surface area contributed by atoms with Crippen LogP contribution in [0, 0.1) is 0 Å². The lowest BCUT2D eigenvalue weighted by Gasteiger charge is -2.13. The summed E-state index contributed by atoms with van der Waals surface area (Å²) in [5, 5.41) is 3.35. The summed E-state index contributed by atoms with van der Waals surface area (Å²) in [6.45, 7) is 7.45. The number of hydrogen-bond donors (Lipinski definition) is 1. The van der Waals surface area contributed by atoms with E-state index in [9.17, 15) is 0 Å². The lowest BCUT2D eigenvalue weighted by molar-refractivity contribution is 0.276. The van der Waals surface area contributed by atoms with Crippen LogP contribution < -0.4 is 19.5 Å². The van der Waals surface area contributed by atoms with Gasteiger partial charge in [0.05, 0.1) is 13.2 Å². The van der Waals surface area contributed by atoms with Gasteiger partial charge in [-0.05, 0) is 37.1 Å². The Morgan fingerprint density at radius 2 is 1.88 bits per heavy atom. The lowest BCUT2D eigenvalue weighted by Crippen LogP contribution is -2.20. The van der Waals surface area contributed by atoms with Crippen LogP contribution in [0.15, 0.2) is 42.6 Å². The molecule has 0 aliphatic heterocycles. The van der Waals surface area contributed by atoms with Crippen molar-refractivity contribution in [1.82, 2.24) is 10.3 Å². The van der Waals surface area contributed by atoms with Crippen LogP contribution in [-0.4, -0.2) is 31.3 Å². The summed E-state index contributed by atoms with van der Waals surface area (Å²) >= 11 is 0. The molecule has 1 heterocycles. The minimum absolute atomic E-state index is 0.576. The Morgan fingerprint density at radius 1 is 0.958 bits per heavy atom. The number of nitrogens with one attached hydrogen (secondary N) is 1. The fourth-order valence-corrected chi connectivity index (χ4v) is 2.15. The highest BCUT2D eigenvalue weighted by Crippen LogP contribution is 2.28. The van der Waals surface area contributed by atoms with E-state index in [4.69, 9.17) is 14.2 Å². The van der Waals surface area contributed by atoms with E-state index in [1.807, 2.05) is 37.3 Å². The molecular formula is C19H26N2O3. The normalized spacial score (nSPS) is 10.4. The molecule has 1 aromatic heterocycles. The molecule has 5 heteroatoms. The van der Waals surface area contributed by atoms with Crippen LogP contribution in [0.25, 0.3) is 0 Å². The summed E-state index contributed by atoms with van der Waals surface area (Å²) in [7, 11) is 0. The van der Waals surface area contributed by atoms with Gasteiger partial charge in [-0.15, -0.1) is 0 Å². The number of ether oxygens (including phenoxy) is 3. The minimum Gasteiger partial charge on any atom is -0.490 e. The monoisotopic (exact) mass is 330 g/mol. The Morgan fingerprint density at radius 3 is 2.62 bits per heavy atom. The van der Waals surface area contributed by atoms with Crippen molar-refractivity contribution in [3.8, 4) is 17.4 Å². The molecular weight excluding hydrogens is 304 g/mol. The highest BCUT2D eigenvalue weighted by Gasteiger charge is 2.06. The summed E-state index contributed by atoms with van der Waals surface area (Å²) in [5.41, 5.74) is 1.15. The molecule has 0 aliphatic rings. The topological polar surface area (TPSA) is 52.6 Å². The third-order valence-electron chi connectivity index (χ3n) is 3.27. The summed E-state index contributed by atoms with van der Waals surface area (Å²) in [5.74, 6) is 2.26. The molecule has 0 saturated carbocycles. The van der Waals surface area contributed by atoms with Gasteiger partial charge in [-0.3, -0.25) is 0 Å². The second-order valence-corrected chi connectivity index (χ2v) is 5.26. The van der Waals surface area contributed by atoms with Gasteiger partial charge in [-0.1, -0.05) is 19.1 Å². The molecule has 0 amide bonds. The van der Waals surface area contributed by atoms with Crippen molar-refractivity contribution in [1.29, 1.82) is 0 Å². The van der Waals surface area contributed by atoms with Crippen LogP contribution in [-0.2, 0) is 6.54 Å². The highest BCUT2D eigenvalue weighted by molar-refractivity contribution is 5.43. The van der Waals surface area contributed by atoms with Crippen LogP contribution in [0.4, 0.5) is 0 Å². The minimum atomic E-state index is 0.576. The van der Waals surface area contributed by atoms with Gasteiger partial charge >= 0.3 is 0 Å². The highest BCUT2D eigenvalue weighted by atomic mass is 16.5. The zero-order chi connectivity index (χ0) is 17.0. The van der Waals surface area contributed by atoms with Gasteiger partial charge in [0.25, 0.3) is 0 Å². The maximum Gasteiger partial charge on any atom is 0.213 e. The van der Waals surface area contributed by atoms with Crippen molar-refractivity contribution in [2.24, 2.45) is 0 Å². The van der Waals surface area contributed by atoms with E-state index in [0.717, 1.165) is 36.6 Å². The molecule has 0 fully saturated rings. The van der Waals surface area contributed by atoms with Gasteiger partial charge in [0.2, 0.25) is 5.88 Å². The van der Waals surface area contributed by atoms with Crippen LogP contribution in [0.2, 0.25) is 0 Å². The van der Waals surface area contributed by atoms with Gasteiger partial charge < -0.3 is 19.5 Å². The molecule has 0 unspecified atom stereocenters. The first-order chi connectivity index (χ1) is 11.8. The molecule has 24 heavy (non-hydrogen) atoms. The molecule has 1 N–H and O–H groups in total. The number of nitrogens with zero attached hydrogens (tertiary/aromatic N) is 1. The zero-order valence-electron chi connectivity index (χ0n) is 14.5. The smallest absolute Gasteiger partial charge is 0.213 e. The molecule has 2 rings (SSSR count). The lowest BCUT2D eigenvalue weighted by atomic mass is 10.2. The average Bonchev–Trinajstić information content (AvgIpc) is 2.62. The van der Waals surface area contributed by atoms with Gasteiger partial charge in [0.15, 0.2) is 11.5 Å². The Kier molecular flexibility index (Phi) is 7.90. The van der Waals surface area contributed by atoms with Crippen LogP contribution in [0.1, 0.15) is 25.8 Å². The van der Waals surface area contributed by atoms with E-state index in [-0.39, 0.29) is 0 Å². The second kappa shape index (κ2) is 10.5. The molecule has 0 radical (unpaired) electrons. The van der Waals surface area contributed by atoms with E-state index >= 15 is 0 Å². The maximum absolute atomic E-state index is 5.71. The van der Waals surface area contributed by atoms with E-state index in [1.165, 1.54) is 0 Å².